The average Bonchev–Trinajstić information content (AvgIpc) is 2.76. The predicted molar refractivity (Wildman–Crippen MR) is 85.5 cm³/mol. The quantitative estimate of drug-likeness (QED) is 0.495. The zero-order valence-electron chi connectivity index (χ0n) is 11.4. The van der Waals surface area contributed by atoms with Crippen molar-refractivity contribution in [3.63, 3.8) is 0 Å². The lowest BCUT2D eigenvalue weighted by molar-refractivity contribution is 0.103. The summed E-state index contributed by atoms with van der Waals surface area (Å²) in [4.78, 5) is 29.6. The smallest absolute Gasteiger partial charge is 0.267 e. The van der Waals surface area contributed by atoms with E-state index in [2.05, 4.69) is 4.98 Å². The van der Waals surface area contributed by atoms with E-state index in [0.717, 1.165) is 5.56 Å². The van der Waals surface area contributed by atoms with Crippen LogP contribution in [-0.2, 0) is 0 Å². The van der Waals surface area contributed by atoms with Gasteiger partial charge in [0, 0.05) is 0 Å². The average molecular weight is 331 g/mol. The van der Waals surface area contributed by atoms with Gasteiger partial charge in [-0.05, 0) is 31.2 Å². The van der Waals surface area contributed by atoms with Crippen LogP contribution in [0.5, 0.6) is 0 Å². The predicted octanol–water partition coefficient (Wildman–Crippen LogP) is 3.55. The van der Waals surface area contributed by atoms with Crippen molar-refractivity contribution in [3.8, 4) is 5.69 Å². The van der Waals surface area contributed by atoms with Gasteiger partial charge in [0.2, 0.25) is 5.78 Å². The summed E-state index contributed by atoms with van der Waals surface area (Å²) in [6.45, 7) is 1.89. The Labute approximate surface area is 134 Å². The van der Waals surface area contributed by atoms with Crippen molar-refractivity contribution in [1.29, 1.82) is 0 Å². The normalized spacial score (nSPS) is 12.6. The Morgan fingerprint density at radius 1 is 1.05 bits per heavy atom. The third-order valence-electron chi connectivity index (χ3n) is 3.76. The number of carbonyl (C=O) groups is 1. The Bertz CT molecular complexity index is 1050. The van der Waals surface area contributed by atoms with Crippen LogP contribution >= 0.6 is 23.2 Å². The highest BCUT2D eigenvalue weighted by molar-refractivity contribution is 6.39. The van der Waals surface area contributed by atoms with Crippen molar-refractivity contribution in [2.75, 3.05) is 0 Å². The summed E-state index contributed by atoms with van der Waals surface area (Å²) < 4.78 is 1.31. The Morgan fingerprint density at radius 2 is 1.77 bits per heavy atom. The number of carbonyl (C=O) groups excluding carboxylic acids is 1. The van der Waals surface area contributed by atoms with Crippen LogP contribution in [0.4, 0.5) is 0 Å². The first-order valence-corrected chi connectivity index (χ1v) is 7.31. The summed E-state index contributed by atoms with van der Waals surface area (Å²) in [5.74, 6) is -0.212. The zero-order valence-corrected chi connectivity index (χ0v) is 12.9. The van der Waals surface area contributed by atoms with Crippen molar-refractivity contribution in [3.05, 3.63) is 67.7 Å². The maximum absolute atomic E-state index is 12.8. The van der Waals surface area contributed by atoms with Gasteiger partial charge in [-0.2, -0.15) is 0 Å². The highest BCUT2D eigenvalue weighted by Crippen LogP contribution is 2.31. The molecule has 4 nitrogen and oxygen atoms in total. The molecule has 0 aliphatic carbocycles. The molecule has 2 aromatic carbocycles. The van der Waals surface area contributed by atoms with E-state index in [1.165, 1.54) is 4.57 Å². The van der Waals surface area contributed by atoms with Gasteiger partial charge in [-0.1, -0.05) is 34.8 Å². The molecule has 0 N–H and O–H groups in total. The van der Waals surface area contributed by atoms with Crippen LogP contribution in [0.3, 0.4) is 0 Å². The second-order valence-corrected chi connectivity index (χ2v) is 5.99. The van der Waals surface area contributed by atoms with Crippen LogP contribution in [0.25, 0.3) is 16.6 Å². The summed E-state index contributed by atoms with van der Waals surface area (Å²) in [5, 5.41) is 0.777. The standard InChI is InChI=1S/C16H8Cl2N2O2/c1-7-2-5-11-8(6-7)14(21)15-19-13-10(18)4-3-9(17)12(13)16(22)20(11)15/h2-6H,1H3. The molecule has 6 heteroatoms. The van der Waals surface area contributed by atoms with Crippen molar-refractivity contribution < 1.29 is 4.79 Å². The molecule has 1 aromatic heterocycles. The van der Waals surface area contributed by atoms with E-state index in [1.54, 1.807) is 24.3 Å². The van der Waals surface area contributed by atoms with Gasteiger partial charge in [-0.25, -0.2) is 4.98 Å². The molecular formula is C16H8Cl2N2O2. The summed E-state index contributed by atoms with van der Waals surface area (Å²) in [5.41, 5.74) is 1.80. The SMILES string of the molecule is Cc1ccc2c(c1)C(=O)c1nc3c(Cl)ccc(Cl)c3c(=O)n1-2. The van der Waals surface area contributed by atoms with Crippen molar-refractivity contribution in [2.24, 2.45) is 0 Å². The highest BCUT2D eigenvalue weighted by atomic mass is 35.5. The number of benzene rings is 2. The molecule has 0 fully saturated rings. The molecule has 0 atom stereocenters. The minimum atomic E-state index is -0.386. The molecular weight excluding hydrogens is 323 g/mol. The van der Waals surface area contributed by atoms with Gasteiger partial charge in [0.25, 0.3) is 5.56 Å². The van der Waals surface area contributed by atoms with Crippen LogP contribution in [0.2, 0.25) is 10.0 Å². The Hall–Kier alpha value is -2.17. The first-order chi connectivity index (χ1) is 10.5. The number of rotatable bonds is 0. The molecule has 0 spiro atoms. The second kappa shape index (κ2) is 4.41. The fourth-order valence-electron chi connectivity index (χ4n) is 2.74. The Kier molecular flexibility index (Phi) is 2.71. The number of hydrogen-bond acceptors (Lipinski definition) is 3. The summed E-state index contributed by atoms with van der Waals surface area (Å²) >= 11 is 12.2. The van der Waals surface area contributed by atoms with Gasteiger partial charge in [0.15, 0.2) is 5.82 Å². The molecule has 3 aromatic rings. The van der Waals surface area contributed by atoms with E-state index in [9.17, 15) is 9.59 Å². The number of aromatic nitrogens is 2. The number of hydrogen-bond donors (Lipinski definition) is 0. The minimum absolute atomic E-state index is 0.0715. The van der Waals surface area contributed by atoms with Gasteiger partial charge in [0.05, 0.1) is 32.2 Å². The second-order valence-electron chi connectivity index (χ2n) is 5.18. The number of halogens is 2. The van der Waals surface area contributed by atoms with E-state index in [4.69, 9.17) is 23.2 Å². The fraction of sp³-hybridized carbons (Fsp3) is 0.0625. The van der Waals surface area contributed by atoms with Crippen LogP contribution in [0, 0.1) is 6.92 Å². The lowest BCUT2D eigenvalue weighted by atomic mass is 10.1. The molecule has 2 heterocycles. The number of nitrogens with zero attached hydrogens (tertiary/aromatic N) is 2. The molecule has 1 aliphatic rings. The summed E-state index contributed by atoms with van der Waals surface area (Å²) in [6.07, 6.45) is 0. The third-order valence-corrected chi connectivity index (χ3v) is 4.38. The molecule has 4 rings (SSSR count). The lowest BCUT2D eigenvalue weighted by Crippen LogP contribution is -2.21. The van der Waals surface area contributed by atoms with Crippen LogP contribution in [0.15, 0.2) is 35.1 Å². The van der Waals surface area contributed by atoms with Gasteiger partial charge in [-0.15, -0.1) is 0 Å². The van der Waals surface area contributed by atoms with E-state index in [0.29, 0.717) is 16.3 Å². The molecule has 108 valence electrons. The zero-order chi connectivity index (χ0) is 15.6. The van der Waals surface area contributed by atoms with Gasteiger partial charge in [0.1, 0.15) is 0 Å². The lowest BCUT2D eigenvalue weighted by Gasteiger charge is -2.07. The minimum Gasteiger partial charge on any atom is -0.285 e. The number of ketones is 1. The molecule has 1 aliphatic heterocycles. The molecule has 22 heavy (non-hydrogen) atoms. The van der Waals surface area contributed by atoms with Crippen molar-refractivity contribution in [2.45, 2.75) is 6.92 Å². The van der Waals surface area contributed by atoms with Gasteiger partial charge >= 0.3 is 0 Å². The van der Waals surface area contributed by atoms with E-state index < -0.39 is 0 Å². The maximum atomic E-state index is 12.8. The number of aryl methyl sites for hydroxylation is 1. The summed E-state index contributed by atoms with van der Waals surface area (Å²) in [7, 11) is 0. The molecule has 0 amide bonds. The molecule has 0 radical (unpaired) electrons. The Balaban J connectivity index is 2.23. The van der Waals surface area contributed by atoms with E-state index >= 15 is 0 Å². The summed E-state index contributed by atoms with van der Waals surface area (Å²) in [6, 6.07) is 8.45. The molecule has 0 saturated heterocycles. The molecule has 0 bridgehead atoms. The first kappa shape index (κ1) is 13.5. The third kappa shape index (κ3) is 1.62. The van der Waals surface area contributed by atoms with E-state index in [1.807, 2.05) is 13.0 Å². The topological polar surface area (TPSA) is 52.0 Å². The van der Waals surface area contributed by atoms with Gasteiger partial charge in [-0.3, -0.25) is 14.2 Å². The Morgan fingerprint density at radius 3 is 2.55 bits per heavy atom. The van der Waals surface area contributed by atoms with Crippen molar-refractivity contribution in [1.82, 2.24) is 9.55 Å². The van der Waals surface area contributed by atoms with Crippen molar-refractivity contribution >= 4 is 39.9 Å². The first-order valence-electron chi connectivity index (χ1n) is 6.55. The number of fused-ring (bicyclic) bond motifs is 4. The van der Waals surface area contributed by atoms with Crippen LogP contribution in [0.1, 0.15) is 21.7 Å². The van der Waals surface area contributed by atoms with E-state index in [-0.39, 0.29) is 33.1 Å². The molecule has 0 saturated carbocycles. The largest absolute Gasteiger partial charge is 0.285 e. The highest BCUT2D eigenvalue weighted by Gasteiger charge is 2.31. The monoisotopic (exact) mass is 330 g/mol. The maximum Gasteiger partial charge on any atom is 0.267 e. The van der Waals surface area contributed by atoms with Crippen LogP contribution in [-0.4, -0.2) is 15.3 Å². The van der Waals surface area contributed by atoms with Crippen LogP contribution < -0.4 is 5.56 Å². The van der Waals surface area contributed by atoms with Gasteiger partial charge < -0.3 is 0 Å². The fourth-order valence-corrected chi connectivity index (χ4v) is 3.17. The molecule has 0 unspecified atom stereocenters.